The standard InChI is InChI=1S/C11H13F2NO5/c1-2-19-10(18)11(12,13)9(14)5-3-4-6(15)8(17)7(5)16/h3-4,9,15-17H,2,14H2,1H3/t9-/m0/s1. The topological polar surface area (TPSA) is 113 Å². The fourth-order valence-corrected chi connectivity index (χ4v) is 1.39. The summed E-state index contributed by atoms with van der Waals surface area (Å²) in [6.07, 6.45) is 0. The molecule has 0 amide bonds. The van der Waals surface area contributed by atoms with E-state index in [2.05, 4.69) is 4.74 Å². The van der Waals surface area contributed by atoms with Gasteiger partial charge in [0, 0.05) is 5.56 Å². The lowest BCUT2D eigenvalue weighted by atomic mass is 9.99. The highest BCUT2D eigenvalue weighted by Gasteiger charge is 2.49. The molecular weight excluding hydrogens is 264 g/mol. The number of carbonyl (C=O) groups is 1. The van der Waals surface area contributed by atoms with Gasteiger partial charge in [0.1, 0.15) is 6.04 Å². The smallest absolute Gasteiger partial charge is 0.379 e. The molecule has 0 saturated heterocycles. The van der Waals surface area contributed by atoms with Crippen molar-refractivity contribution >= 4 is 5.97 Å². The van der Waals surface area contributed by atoms with Gasteiger partial charge in [0.05, 0.1) is 6.61 Å². The molecule has 0 heterocycles. The summed E-state index contributed by atoms with van der Waals surface area (Å²) in [5, 5.41) is 27.7. The van der Waals surface area contributed by atoms with E-state index in [1.54, 1.807) is 0 Å². The summed E-state index contributed by atoms with van der Waals surface area (Å²) in [6.45, 7) is 1.09. The molecule has 0 saturated carbocycles. The lowest BCUT2D eigenvalue weighted by Crippen LogP contribution is -2.41. The molecule has 1 aromatic carbocycles. The predicted octanol–water partition coefficient (Wildman–Crippen LogP) is 1.00. The Balaban J connectivity index is 3.16. The Morgan fingerprint density at radius 2 is 1.95 bits per heavy atom. The molecular formula is C11H13F2NO5. The molecule has 19 heavy (non-hydrogen) atoms. The van der Waals surface area contributed by atoms with Gasteiger partial charge in [0.25, 0.3) is 0 Å². The third-order valence-corrected chi connectivity index (χ3v) is 2.43. The van der Waals surface area contributed by atoms with Crippen molar-refractivity contribution in [2.45, 2.75) is 18.9 Å². The zero-order valence-electron chi connectivity index (χ0n) is 9.93. The number of phenols is 3. The normalized spacial score (nSPS) is 13.1. The van der Waals surface area contributed by atoms with Crippen molar-refractivity contribution in [1.82, 2.24) is 0 Å². The number of aromatic hydroxyl groups is 3. The van der Waals surface area contributed by atoms with Gasteiger partial charge in [-0.3, -0.25) is 0 Å². The largest absolute Gasteiger partial charge is 0.504 e. The molecule has 0 aliphatic heterocycles. The number of rotatable bonds is 4. The lowest BCUT2D eigenvalue weighted by molar-refractivity contribution is -0.174. The second-order valence-electron chi connectivity index (χ2n) is 3.69. The highest BCUT2D eigenvalue weighted by molar-refractivity contribution is 5.79. The van der Waals surface area contributed by atoms with Crippen LogP contribution in [0.3, 0.4) is 0 Å². The number of nitrogens with two attached hydrogens (primary N) is 1. The molecule has 0 aliphatic rings. The van der Waals surface area contributed by atoms with E-state index in [-0.39, 0.29) is 6.61 Å². The summed E-state index contributed by atoms with van der Waals surface area (Å²) < 4.78 is 31.5. The Kier molecular flexibility index (Phi) is 4.15. The molecule has 0 bridgehead atoms. The van der Waals surface area contributed by atoms with E-state index >= 15 is 0 Å². The summed E-state index contributed by atoms with van der Waals surface area (Å²) in [7, 11) is 0. The van der Waals surface area contributed by atoms with Gasteiger partial charge in [-0.25, -0.2) is 4.79 Å². The van der Waals surface area contributed by atoms with Gasteiger partial charge in [-0.05, 0) is 19.1 Å². The van der Waals surface area contributed by atoms with Crippen molar-refractivity contribution in [2.75, 3.05) is 6.61 Å². The van der Waals surface area contributed by atoms with Crippen LogP contribution in [0, 0.1) is 0 Å². The monoisotopic (exact) mass is 277 g/mol. The Morgan fingerprint density at radius 1 is 1.37 bits per heavy atom. The van der Waals surface area contributed by atoms with Crippen molar-refractivity contribution < 1.29 is 33.6 Å². The molecule has 5 N–H and O–H groups in total. The summed E-state index contributed by atoms with van der Waals surface area (Å²) in [6, 6.07) is -0.480. The lowest BCUT2D eigenvalue weighted by Gasteiger charge is -2.22. The molecule has 106 valence electrons. The second kappa shape index (κ2) is 5.27. The number of phenolic OH excluding ortho intramolecular Hbond substituents is 3. The molecule has 8 heteroatoms. The van der Waals surface area contributed by atoms with Gasteiger partial charge in [0.15, 0.2) is 11.5 Å². The quantitative estimate of drug-likeness (QED) is 0.482. The number of esters is 1. The van der Waals surface area contributed by atoms with E-state index in [0.29, 0.717) is 0 Å². The maximum atomic E-state index is 13.6. The first kappa shape index (κ1) is 15.0. The van der Waals surface area contributed by atoms with Gasteiger partial charge in [-0.1, -0.05) is 0 Å². The third kappa shape index (κ3) is 2.68. The molecule has 1 aromatic rings. The van der Waals surface area contributed by atoms with Crippen LogP contribution in [0.5, 0.6) is 17.2 Å². The van der Waals surface area contributed by atoms with E-state index in [4.69, 9.17) is 10.8 Å². The summed E-state index contributed by atoms with van der Waals surface area (Å²) in [5.74, 6) is -8.64. The van der Waals surface area contributed by atoms with Gasteiger partial charge < -0.3 is 25.8 Å². The Labute approximate surface area is 107 Å². The fourth-order valence-electron chi connectivity index (χ4n) is 1.39. The number of halogens is 2. The Bertz CT molecular complexity index is 492. The summed E-state index contributed by atoms with van der Waals surface area (Å²) in [5.41, 5.74) is 4.63. The third-order valence-electron chi connectivity index (χ3n) is 2.43. The summed E-state index contributed by atoms with van der Waals surface area (Å²) >= 11 is 0. The molecule has 1 rings (SSSR count). The number of benzene rings is 1. The molecule has 0 unspecified atom stereocenters. The van der Waals surface area contributed by atoms with Crippen molar-refractivity contribution in [3.8, 4) is 17.2 Å². The maximum Gasteiger partial charge on any atom is 0.379 e. The minimum absolute atomic E-state index is 0.256. The van der Waals surface area contributed by atoms with E-state index < -0.39 is 40.7 Å². The fraction of sp³-hybridized carbons (Fsp3) is 0.364. The zero-order chi connectivity index (χ0) is 14.8. The van der Waals surface area contributed by atoms with Crippen LogP contribution >= 0.6 is 0 Å². The van der Waals surface area contributed by atoms with E-state index in [0.717, 1.165) is 12.1 Å². The van der Waals surface area contributed by atoms with E-state index in [1.807, 2.05) is 0 Å². The first-order chi connectivity index (χ1) is 8.73. The minimum Gasteiger partial charge on any atom is -0.504 e. The maximum absolute atomic E-state index is 13.6. The first-order valence-corrected chi connectivity index (χ1v) is 5.27. The molecule has 0 aromatic heterocycles. The Hall–Kier alpha value is -2.09. The van der Waals surface area contributed by atoms with Crippen molar-refractivity contribution in [3.63, 3.8) is 0 Å². The number of ether oxygens (including phenoxy) is 1. The van der Waals surface area contributed by atoms with Crippen molar-refractivity contribution in [1.29, 1.82) is 0 Å². The van der Waals surface area contributed by atoms with Crippen LogP contribution in [0.15, 0.2) is 12.1 Å². The van der Waals surface area contributed by atoms with Crippen molar-refractivity contribution in [3.05, 3.63) is 17.7 Å². The van der Waals surface area contributed by atoms with Gasteiger partial charge in [0.2, 0.25) is 5.75 Å². The van der Waals surface area contributed by atoms with E-state index in [9.17, 15) is 23.8 Å². The van der Waals surface area contributed by atoms with Crippen LogP contribution in [0.2, 0.25) is 0 Å². The predicted molar refractivity (Wildman–Crippen MR) is 59.9 cm³/mol. The first-order valence-electron chi connectivity index (χ1n) is 5.27. The molecule has 0 aliphatic carbocycles. The van der Waals surface area contributed by atoms with Gasteiger partial charge in [-0.2, -0.15) is 8.78 Å². The minimum atomic E-state index is -4.09. The SMILES string of the molecule is CCOC(=O)C(F)(F)[C@@H](N)c1ccc(O)c(O)c1O. The zero-order valence-corrected chi connectivity index (χ0v) is 9.93. The average molecular weight is 277 g/mol. The molecule has 0 spiro atoms. The van der Waals surface area contributed by atoms with Crippen LogP contribution < -0.4 is 5.73 Å². The van der Waals surface area contributed by atoms with Crippen LogP contribution in [0.1, 0.15) is 18.5 Å². The Morgan fingerprint density at radius 3 is 2.47 bits per heavy atom. The molecule has 0 fully saturated rings. The highest BCUT2D eigenvalue weighted by atomic mass is 19.3. The summed E-state index contributed by atoms with van der Waals surface area (Å²) in [4.78, 5) is 11.1. The number of carbonyl (C=O) groups excluding carboxylic acids is 1. The number of alkyl halides is 2. The van der Waals surface area contributed by atoms with E-state index in [1.165, 1.54) is 6.92 Å². The van der Waals surface area contributed by atoms with Crippen LogP contribution in [-0.4, -0.2) is 33.8 Å². The number of hydrogen-bond acceptors (Lipinski definition) is 6. The van der Waals surface area contributed by atoms with Crippen molar-refractivity contribution in [2.24, 2.45) is 5.73 Å². The van der Waals surface area contributed by atoms with Crippen LogP contribution in [0.25, 0.3) is 0 Å². The molecule has 0 radical (unpaired) electrons. The number of hydrogen-bond donors (Lipinski definition) is 4. The van der Waals surface area contributed by atoms with Crippen LogP contribution in [-0.2, 0) is 9.53 Å². The van der Waals surface area contributed by atoms with Crippen LogP contribution in [0.4, 0.5) is 8.78 Å². The molecule has 6 nitrogen and oxygen atoms in total. The highest BCUT2D eigenvalue weighted by Crippen LogP contribution is 2.43. The average Bonchev–Trinajstić information content (AvgIpc) is 2.35. The molecule has 1 atom stereocenters. The van der Waals surface area contributed by atoms with Gasteiger partial charge in [-0.15, -0.1) is 0 Å². The second-order valence-corrected chi connectivity index (χ2v) is 3.69. The van der Waals surface area contributed by atoms with Gasteiger partial charge >= 0.3 is 11.9 Å².